The van der Waals surface area contributed by atoms with Gasteiger partial charge in [0.2, 0.25) is 0 Å². The van der Waals surface area contributed by atoms with Gasteiger partial charge >= 0.3 is 0 Å². The number of nitrogens with zero attached hydrogens (tertiary/aromatic N) is 1. The molecule has 0 aliphatic rings. The molecule has 4 nitrogen and oxygen atoms in total. The molecule has 0 atom stereocenters. The molecule has 0 heterocycles. The van der Waals surface area contributed by atoms with Crippen LogP contribution in [-0.2, 0) is 0 Å². The normalized spacial score (nSPS) is 10.5. The number of oxime groups is 1. The molecule has 0 amide bonds. The molecule has 0 unspecified atom stereocenters. The zero-order valence-electron chi connectivity index (χ0n) is 10.4. The fourth-order valence-electron chi connectivity index (χ4n) is 1.61. The first-order valence-corrected chi connectivity index (χ1v) is 5.97. The summed E-state index contributed by atoms with van der Waals surface area (Å²) in [6, 6.07) is 16.9. The lowest BCUT2D eigenvalue weighted by Gasteiger charge is -2.09. The first-order valence-electron chi connectivity index (χ1n) is 5.97. The van der Waals surface area contributed by atoms with Crippen molar-refractivity contribution in [2.75, 3.05) is 13.2 Å². The largest absolute Gasteiger partial charge is 0.490 e. The van der Waals surface area contributed by atoms with Crippen LogP contribution in [0, 0.1) is 0 Å². The van der Waals surface area contributed by atoms with Crippen molar-refractivity contribution in [2.45, 2.75) is 0 Å². The Kier molecular flexibility index (Phi) is 4.81. The first-order chi connectivity index (χ1) is 9.40. The van der Waals surface area contributed by atoms with E-state index in [9.17, 15) is 0 Å². The first kappa shape index (κ1) is 13.0. The lowest BCUT2D eigenvalue weighted by molar-refractivity contribution is 0.217. The Labute approximate surface area is 111 Å². The van der Waals surface area contributed by atoms with Gasteiger partial charge in [-0.05, 0) is 24.3 Å². The second-order valence-corrected chi connectivity index (χ2v) is 3.79. The highest BCUT2D eigenvalue weighted by molar-refractivity contribution is 5.82. The zero-order valence-corrected chi connectivity index (χ0v) is 10.4. The summed E-state index contributed by atoms with van der Waals surface area (Å²) in [6.45, 7) is 0.875. The molecule has 0 fully saturated rings. The number of para-hydroxylation sites is 2. The van der Waals surface area contributed by atoms with Gasteiger partial charge in [0.05, 0.1) is 6.21 Å². The summed E-state index contributed by atoms with van der Waals surface area (Å²) in [5.74, 6) is 1.48. The maximum Gasteiger partial charge on any atom is 0.128 e. The number of hydrogen-bond donors (Lipinski definition) is 1. The predicted molar refractivity (Wildman–Crippen MR) is 73.3 cm³/mol. The summed E-state index contributed by atoms with van der Waals surface area (Å²) in [5, 5.41) is 11.6. The van der Waals surface area contributed by atoms with E-state index in [0.29, 0.717) is 19.0 Å². The third kappa shape index (κ3) is 4.03. The summed E-state index contributed by atoms with van der Waals surface area (Å²) < 4.78 is 11.1. The van der Waals surface area contributed by atoms with E-state index in [-0.39, 0.29) is 0 Å². The van der Waals surface area contributed by atoms with Crippen molar-refractivity contribution in [3.05, 3.63) is 60.2 Å². The minimum absolute atomic E-state index is 0.422. The molecule has 4 heteroatoms. The summed E-state index contributed by atoms with van der Waals surface area (Å²) in [4.78, 5) is 0. The van der Waals surface area contributed by atoms with Gasteiger partial charge in [0.1, 0.15) is 24.7 Å². The van der Waals surface area contributed by atoms with Crippen molar-refractivity contribution < 1.29 is 14.7 Å². The summed E-state index contributed by atoms with van der Waals surface area (Å²) in [5.41, 5.74) is 0.727. The van der Waals surface area contributed by atoms with Crippen molar-refractivity contribution >= 4 is 6.21 Å². The molecule has 19 heavy (non-hydrogen) atoms. The number of rotatable bonds is 6. The number of ether oxygens (including phenoxy) is 2. The van der Waals surface area contributed by atoms with E-state index in [1.807, 2.05) is 54.6 Å². The Morgan fingerprint density at radius 1 is 0.895 bits per heavy atom. The van der Waals surface area contributed by atoms with Crippen molar-refractivity contribution in [1.82, 2.24) is 0 Å². The topological polar surface area (TPSA) is 51.1 Å². The van der Waals surface area contributed by atoms with Gasteiger partial charge in [0, 0.05) is 5.56 Å². The van der Waals surface area contributed by atoms with Crippen LogP contribution in [-0.4, -0.2) is 24.6 Å². The van der Waals surface area contributed by atoms with Crippen molar-refractivity contribution in [3.8, 4) is 11.5 Å². The van der Waals surface area contributed by atoms with Crippen LogP contribution in [0.15, 0.2) is 59.8 Å². The average molecular weight is 257 g/mol. The van der Waals surface area contributed by atoms with Crippen LogP contribution in [0.4, 0.5) is 0 Å². The third-order valence-electron chi connectivity index (χ3n) is 2.47. The van der Waals surface area contributed by atoms with Gasteiger partial charge in [0.15, 0.2) is 0 Å². The monoisotopic (exact) mass is 257 g/mol. The van der Waals surface area contributed by atoms with Crippen LogP contribution >= 0.6 is 0 Å². The lowest BCUT2D eigenvalue weighted by Crippen LogP contribution is -2.09. The van der Waals surface area contributed by atoms with Gasteiger partial charge < -0.3 is 14.7 Å². The second-order valence-electron chi connectivity index (χ2n) is 3.79. The maximum absolute atomic E-state index is 8.55. The van der Waals surface area contributed by atoms with E-state index < -0.39 is 0 Å². The molecule has 0 aliphatic heterocycles. The van der Waals surface area contributed by atoms with Crippen molar-refractivity contribution in [3.63, 3.8) is 0 Å². The van der Waals surface area contributed by atoms with Crippen LogP contribution in [0.1, 0.15) is 5.56 Å². The van der Waals surface area contributed by atoms with Crippen LogP contribution in [0.3, 0.4) is 0 Å². The molecule has 1 N–H and O–H groups in total. The molecule has 0 spiro atoms. The Bertz CT molecular complexity index is 526. The second kappa shape index (κ2) is 7.06. The molecule has 0 aliphatic carbocycles. The van der Waals surface area contributed by atoms with Crippen LogP contribution in [0.2, 0.25) is 0 Å². The van der Waals surface area contributed by atoms with Crippen LogP contribution < -0.4 is 9.47 Å². The number of hydrogen-bond acceptors (Lipinski definition) is 4. The van der Waals surface area contributed by atoms with Crippen molar-refractivity contribution in [1.29, 1.82) is 0 Å². The predicted octanol–water partition coefficient (Wildman–Crippen LogP) is 2.95. The summed E-state index contributed by atoms with van der Waals surface area (Å²) in [6.07, 6.45) is 1.34. The SMILES string of the molecule is ON=Cc1ccccc1OCCOc1ccccc1. The highest BCUT2D eigenvalue weighted by Crippen LogP contribution is 2.16. The smallest absolute Gasteiger partial charge is 0.128 e. The minimum Gasteiger partial charge on any atom is -0.490 e. The highest BCUT2D eigenvalue weighted by atomic mass is 16.5. The van der Waals surface area contributed by atoms with Gasteiger partial charge in [-0.3, -0.25) is 0 Å². The fourth-order valence-corrected chi connectivity index (χ4v) is 1.61. The Balaban J connectivity index is 1.83. The van der Waals surface area contributed by atoms with E-state index in [1.54, 1.807) is 0 Å². The van der Waals surface area contributed by atoms with Gasteiger partial charge in [-0.25, -0.2) is 0 Å². The lowest BCUT2D eigenvalue weighted by atomic mass is 10.2. The standard InChI is InChI=1S/C15H15NO3/c17-16-12-13-6-4-5-9-15(13)19-11-10-18-14-7-2-1-3-8-14/h1-9,12,17H,10-11H2. The summed E-state index contributed by atoms with van der Waals surface area (Å²) in [7, 11) is 0. The Hall–Kier alpha value is -2.49. The van der Waals surface area contributed by atoms with E-state index in [1.165, 1.54) is 6.21 Å². The average Bonchev–Trinajstić information content (AvgIpc) is 2.47. The van der Waals surface area contributed by atoms with E-state index in [4.69, 9.17) is 14.7 Å². The molecule has 0 aromatic heterocycles. The molecular formula is C15H15NO3. The van der Waals surface area contributed by atoms with Crippen molar-refractivity contribution in [2.24, 2.45) is 5.16 Å². The van der Waals surface area contributed by atoms with Gasteiger partial charge in [-0.1, -0.05) is 35.5 Å². The molecule has 98 valence electrons. The Morgan fingerprint density at radius 3 is 2.37 bits per heavy atom. The maximum atomic E-state index is 8.55. The zero-order chi connectivity index (χ0) is 13.3. The molecule has 2 rings (SSSR count). The highest BCUT2D eigenvalue weighted by Gasteiger charge is 2.00. The molecular weight excluding hydrogens is 242 g/mol. The van der Waals surface area contributed by atoms with E-state index in [2.05, 4.69) is 5.16 Å². The van der Waals surface area contributed by atoms with Gasteiger partial charge in [0.25, 0.3) is 0 Å². The minimum atomic E-state index is 0.422. The number of benzene rings is 2. The fraction of sp³-hybridized carbons (Fsp3) is 0.133. The van der Waals surface area contributed by atoms with E-state index >= 15 is 0 Å². The molecule has 2 aromatic carbocycles. The molecule has 2 aromatic rings. The molecule has 0 bridgehead atoms. The van der Waals surface area contributed by atoms with Crippen LogP contribution in [0.5, 0.6) is 11.5 Å². The quantitative estimate of drug-likeness (QED) is 0.374. The van der Waals surface area contributed by atoms with E-state index in [0.717, 1.165) is 11.3 Å². The molecule has 0 saturated carbocycles. The summed E-state index contributed by atoms with van der Waals surface area (Å²) >= 11 is 0. The Morgan fingerprint density at radius 2 is 1.58 bits per heavy atom. The van der Waals surface area contributed by atoms with Gasteiger partial charge in [-0.2, -0.15) is 0 Å². The van der Waals surface area contributed by atoms with Gasteiger partial charge in [-0.15, -0.1) is 0 Å². The molecule has 0 saturated heterocycles. The molecule has 0 radical (unpaired) electrons. The third-order valence-corrected chi connectivity index (χ3v) is 2.47. The van der Waals surface area contributed by atoms with Crippen LogP contribution in [0.25, 0.3) is 0 Å².